The van der Waals surface area contributed by atoms with Crippen molar-refractivity contribution in [1.82, 2.24) is 42.5 Å². The smallest absolute Gasteiger partial charge is 0.325 e. The number of thioether (sulfide) groups is 1. The molecule has 27 heteroatoms. The third kappa shape index (κ3) is 24.7. The normalized spacial score (nSPS) is 14.3. The number of benzene rings is 1. The molecule has 0 bridgehead atoms. The van der Waals surface area contributed by atoms with E-state index in [1.165, 1.54) is 43.0 Å². The first kappa shape index (κ1) is 63.0. The van der Waals surface area contributed by atoms with Crippen molar-refractivity contribution in [2.75, 3.05) is 18.6 Å². The van der Waals surface area contributed by atoms with Crippen LogP contribution in [0.2, 0.25) is 0 Å². The number of carboxylic acid groups (broad SMARTS) is 3. The number of nitrogens with one attached hydrogen (secondary N) is 8. The Labute approximate surface area is 420 Å². The van der Waals surface area contributed by atoms with E-state index < -0.39 is 151 Å². The van der Waals surface area contributed by atoms with Crippen molar-refractivity contribution in [2.24, 2.45) is 23.3 Å². The summed E-state index contributed by atoms with van der Waals surface area (Å²) in [5.41, 5.74) is 11.5. The Morgan fingerprint density at radius 1 is 0.569 bits per heavy atom. The number of aromatic hydroxyl groups is 1. The van der Waals surface area contributed by atoms with Gasteiger partial charge in [-0.2, -0.15) is 11.8 Å². The molecule has 0 saturated carbocycles. The molecule has 0 saturated heterocycles. The van der Waals surface area contributed by atoms with Crippen molar-refractivity contribution >= 4 is 82.8 Å². The van der Waals surface area contributed by atoms with E-state index >= 15 is 0 Å². The standard InChI is InChI=1S/C45H70N10O16S/c1-22(2)19-31(54-41(66)29(13-16-36(61)62)52-42(67)30(17-18-72-6)51-38(63)27(46)11-15-35(59)60)39(64)48-21-34(58)50-32(20-25-7-9-26(56)10-8-25)43(68)55-37(23(3)4)44(69)53-28(12-14-33(47)57)40(65)49-24(5)45(70)71/h7-10,22-24,27-32,37,56H,11-21,46H2,1-6H3,(H2,47,57)(H,48,64)(H,49,65)(H,50,58)(H,51,63)(H,52,67)(H,53,69)(H,54,66)(H,55,68)(H,59,60)(H,61,62)(H,70,71)/t24-,27-,28-,29-,30-,31-,32-,37-/m0/s1. The summed E-state index contributed by atoms with van der Waals surface area (Å²) in [7, 11) is 0. The molecule has 0 unspecified atom stereocenters. The van der Waals surface area contributed by atoms with Crippen LogP contribution in [0.1, 0.15) is 91.5 Å². The van der Waals surface area contributed by atoms with Gasteiger partial charge >= 0.3 is 17.9 Å². The van der Waals surface area contributed by atoms with Gasteiger partial charge in [0.25, 0.3) is 0 Å². The van der Waals surface area contributed by atoms with Gasteiger partial charge in [0, 0.05) is 25.7 Å². The van der Waals surface area contributed by atoms with E-state index in [0.717, 1.165) is 0 Å². The van der Waals surface area contributed by atoms with Crippen molar-refractivity contribution < 1.29 is 78.0 Å². The van der Waals surface area contributed by atoms with Crippen LogP contribution < -0.4 is 54.0 Å². The highest BCUT2D eigenvalue weighted by molar-refractivity contribution is 7.98. The zero-order chi connectivity index (χ0) is 54.8. The second-order valence-electron chi connectivity index (χ2n) is 17.6. The first-order chi connectivity index (χ1) is 33.6. The fraction of sp³-hybridized carbons (Fsp3) is 0.600. The van der Waals surface area contributed by atoms with E-state index in [0.29, 0.717) is 11.3 Å². The minimum atomic E-state index is -1.55. The molecule has 8 atom stereocenters. The zero-order valence-electron chi connectivity index (χ0n) is 41.1. The third-order valence-corrected chi connectivity index (χ3v) is 11.3. The van der Waals surface area contributed by atoms with E-state index in [2.05, 4.69) is 42.5 Å². The van der Waals surface area contributed by atoms with Gasteiger partial charge in [-0.25, -0.2) is 0 Å². The van der Waals surface area contributed by atoms with Crippen LogP contribution >= 0.6 is 11.8 Å². The molecule has 9 amide bonds. The number of carboxylic acids is 3. The fourth-order valence-corrected chi connectivity index (χ4v) is 7.04. The van der Waals surface area contributed by atoms with Crippen molar-refractivity contribution in [3.05, 3.63) is 29.8 Å². The number of carbonyl (C=O) groups excluding carboxylic acids is 9. The maximum Gasteiger partial charge on any atom is 0.325 e. The van der Waals surface area contributed by atoms with E-state index in [9.17, 15) is 72.9 Å². The summed E-state index contributed by atoms with van der Waals surface area (Å²) in [4.78, 5) is 153. The van der Waals surface area contributed by atoms with E-state index in [1.54, 1.807) is 34.0 Å². The summed E-state index contributed by atoms with van der Waals surface area (Å²) < 4.78 is 0. The molecule has 1 aromatic carbocycles. The molecule has 0 radical (unpaired) electrons. The SMILES string of the molecule is CSCC[C@H](NC(=O)[C@@H](N)CCC(=O)O)C(=O)N[C@@H](CCC(=O)O)C(=O)N[C@@H](CC(C)C)C(=O)NCC(=O)N[C@@H](Cc1ccc(O)cc1)C(=O)N[C@H](C(=O)N[C@@H](CCC(N)=O)C(=O)N[C@@H](C)C(=O)O)C(C)C. The molecule has 0 aromatic heterocycles. The van der Waals surface area contributed by atoms with Crippen LogP contribution in [-0.4, -0.2) is 158 Å². The molecule has 1 aromatic rings. The molecule has 16 N–H and O–H groups in total. The van der Waals surface area contributed by atoms with Gasteiger partial charge in [-0.1, -0.05) is 39.8 Å². The number of hydrogen-bond donors (Lipinski definition) is 14. The minimum absolute atomic E-state index is 0.0202. The molecular weight excluding hydrogens is 969 g/mol. The van der Waals surface area contributed by atoms with Crippen LogP contribution in [0.4, 0.5) is 0 Å². The maximum absolute atomic E-state index is 14.0. The summed E-state index contributed by atoms with van der Waals surface area (Å²) in [5.74, 6) is -12.7. The lowest BCUT2D eigenvalue weighted by molar-refractivity contribution is -0.142. The summed E-state index contributed by atoms with van der Waals surface area (Å²) in [6.07, 6.45) is -0.860. The molecule has 0 aliphatic heterocycles. The Bertz CT molecular complexity index is 2080. The third-order valence-electron chi connectivity index (χ3n) is 10.6. The second kappa shape index (κ2) is 32.0. The fourth-order valence-electron chi connectivity index (χ4n) is 6.57. The van der Waals surface area contributed by atoms with Gasteiger partial charge in [-0.3, -0.25) is 57.5 Å². The minimum Gasteiger partial charge on any atom is -0.508 e. The number of hydrogen-bond acceptors (Lipinski definition) is 15. The van der Waals surface area contributed by atoms with Crippen LogP contribution in [0.15, 0.2) is 24.3 Å². The largest absolute Gasteiger partial charge is 0.508 e. The number of primary amides is 1. The molecule has 26 nitrogen and oxygen atoms in total. The predicted octanol–water partition coefficient (Wildman–Crippen LogP) is -2.67. The van der Waals surface area contributed by atoms with Crippen LogP contribution in [0, 0.1) is 11.8 Å². The summed E-state index contributed by atoms with van der Waals surface area (Å²) in [6.45, 7) is 6.96. The lowest BCUT2D eigenvalue weighted by Crippen LogP contribution is -2.60. The Morgan fingerprint density at radius 3 is 1.57 bits per heavy atom. The van der Waals surface area contributed by atoms with Gasteiger partial charge in [0.15, 0.2) is 0 Å². The number of phenols is 1. The first-order valence-electron chi connectivity index (χ1n) is 23.0. The summed E-state index contributed by atoms with van der Waals surface area (Å²) >= 11 is 1.33. The topological polar surface area (TPSA) is 434 Å². The lowest BCUT2D eigenvalue weighted by atomic mass is 10.00. The van der Waals surface area contributed by atoms with E-state index in [4.69, 9.17) is 16.6 Å². The second-order valence-corrected chi connectivity index (χ2v) is 18.6. The van der Waals surface area contributed by atoms with Crippen LogP contribution in [-0.2, 0) is 64.0 Å². The molecule has 402 valence electrons. The Morgan fingerprint density at radius 2 is 1.06 bits per heavy atom. The van der Waals surface area contributed by atoms with Gasteiger partial charge in [-0.15, -0.1) is 0 Å². The summed E-state index contributed by atoms with van der Waals surface area (Å²) in [5, 5.41) is 57.0. The Kier molecular flexibility index (Phi) is 28.0. The van der Waals surface area contributed by atoms with Gasteiger partial charge in [-0.05, 0) is 80.6 Å². The summed E-state index contributed by atoms with van der Waals surface area (Å²) in [6, 6.07) is -5.56. The number of aliphatic carboxylic acids is 3. The van der Waals surface area contributed by atoms with Gasteiger partial charge in [0.1, 0.15) is 48.0 Å². The number of phenolic OH excluding ortho intramolecular Hbond substituents is 1. The van der Waals surface area contributed by atoms with Gasteiger partial charge in [0.2, 0.25) is 53.2 Å². The van der Waals surface area contributed by atoms with Gasteiger partial charge < -0.3 is 74.4 Å². The average molecular weight is 1040 g/mol. The highest BCUT2D eigenvalue weighted by Crippen LogP contribution is 2.14. The van der Waals surface area contributed by atoms with Gasteiger partial charge in [0.05, 0.1) is 12.6 Å². The van der Waals surface area contributed by atoms with E-state index in [-0.39, 0.29) is 50.2 Å². The van der Waals surface area contributed by atoms with Crippen LogP contribution in [0.3, 0.4) is 0 Å². The van der Waals surface area contributed by atoms with Crippen molar-refractivity contribution in [3.63, 3.8) is 0 Å². The van der Waals surface area contributed by atoms with Crippen LogP contribution in [0.25, 0.3) is 0 Å². The first-order valence-corrected chi connectivity index (χ1v) is 24.4. The molecule has 0 aliphatic carbocycles. The van der Waals surface area contributed by atoms with Crippen LogP contribution in [0.5, 0.6) is 5.75 Å². The molecule has 0 heterocycles. The van der Waals surface area contributed by atoms with E-state index in [1.807, 2.05) is 0 Å². The Hall–Kier alpha value is -7.03. The number of nitrogens with two attached hydrogens (primary N) is 2. The quantitative estimate of drug-likeness (QED) is 0.0335. The average Bonchev–Trinajstić information content (AvgIpc) is 3.29. The molecule has 0 aliphatic rings. The van der Waals surface area contributed by atoms with Crippen molar-refractivity contribution in [2.45, 2.75) is 141 Å². The lowest BCUT2D eigenvalue weighted by Gasteiger charge is -2.28. The Balaban J connectivity index is 3.35. The highest BCUT2D eigenvalue weighted by atomic mass is 32.2. The number of rotatable bonds is 34. The number of carbonyl (C=O) groups is 12. The molecule has 0 fully saturated rings. The maximum atomic E-state index is 14.0. The number of amides is 9. The molecule has 1 rings (SSSR count). The van der Waals surface area contributed by atoms with Crippen molar-refractivity contribution in [1.29, 1.82) is 0 Å². The molecular formula is C45H70N10O16S. The monoisotopic (exact) mass is 1040 g/mol. The zero-order valence-corrected chi connectivity index (χ0v) is 41.9. The van der Waals surface area contributed by atoms with Crippen molar-refractivity contribution in [3.8, 4) is 5.75 Å². The highest BCUT2D eigenvalue weighted by Gasteiger charge is 2.34. The predicted molar refractivity (Wildman–Crippen MR) is 259 cm³/mol. The molecule has 0 spiro atoms. The molecule has 72 heavy (non-hydrogen) atoms.